The first-order valence-electron chi connectivity index (χ1n) is 11.0. The van der Waals surface area contributed by atoms with Crippen molar-refractivity contribution in [3.05, 3.63) is 81.3 Å². The van der Waals surface area contributed by atoms with Crippen LogP contribution in [0.15, 0.2) is 54.6 Å². The number of carbonyl (C=O) groups is 1. The van der Waals surface area contributed by atoms with Crippen molar-refractivity contribution in [3.63, 3.8) is 0 Å². The molecule has 0 saturated carbocycles. The number of nitrogens with zero attached hydrogens (tertiary/aromatic N) is 1. The van der Waals surface area contributed by atoms with E-state index in [1.54, 1.807) is 6.07 Å². The van der Waals surface area contributed by atoms with E-state index in [0.29, 0.717) is 22.2 Å². The van der Waals surface area contributed by atoms with E-state index in [2.05, 4.69) is 45.9 Å². The number of halogens is 3. The van der Waals surface area contributed by atoms with Crippen molar-refractivity contribution >= 4 is 41.5 Å². The number of rotatable bonds is 4. The molecule has 2 N–H and O–H groups in total. The molecule has 1 fully saturated rings. The number of carbonyl (C=O) groups excluding carboxylic acids is 1. The average Bonchev–Trinajstić information content (AvgIpc) is 3.15. The molecule has 5 rings (SSSR count). The van der Waals surface area contributed by atoms with E-state index >= 15 is 0 Å². The fraction of sp³-hybridized carbons (Fsp3) is 0.269. The number of benzene rings is 3. The van der Waals surface area contributed by atoms with Crippen LogP contribution in [0, 0.1) is 0 Å². The molecule has 1 aliphatic carbocycles. The van der Waals surface area contributed by atoms with Crippen molar-refractivity contribution < 1.29 is 4.79 Å². The summed E-state index contributed by atoms with van der Waals surface area (Å²) in [5, 5.41) is 7.41. The maximum atomic E-state index is 12.9. The minimum absolute atomic E-state index is 0. The highest BCUT2D eigenvalue weighted by atomic mass is 35.5. The monoisotopic (exact) mass is 501 g/mol. The summed E-state index contributed by atoms with van der Waals surface area (Å²) in [6.07, 6.45) is 0. The molecule has 0 aromatic heterocycles. The molecule has 1 heterocycles. The van der Waals surface area contributed by atoms with Gasteiger partial charge in [0.25, 0.3) is 5.91 Å². The van der Waals surface area contributed by atoms with Gasteiger partial charge in [-0.05, 0) is 52.9 Å². The average molecular weight is 503 g/mol. The fourth-order valence-electron chi connectivity index (χ4n) is 4.96. The number of nitrogens with one attached hydrogen (secondary N) is 2. The minimum atomic E-state index is -0.0790. The summed E-state index contributed by atoms with van der Waals surface area (Å²) in [5.74, 6) is -0.0790. The quantitative estimate of drug-likeness (QED) is 0.473. The molecular formula is C26H26Cl3N3O. The molecule has 0 bridgehead atoms. The van der Waals surface area contributed by atoms with E-state index in [9.17, 15) is 4.79 Å². The summed E-state index contributed by atoms with van der Waals surface area (Å²) in [6, 6.07) is 18.3. The first kappa shape index (κ1) is 24.1. The van der Waals surface area contributed by atoms with Crippen molar-refractivity contribution in [2.45, 2.75) is 13.0 Å². The topological polar surface area (TPSA) is 44.4 Å². The first-order valence-corrected chi connectivity index (χ1v) is 11.8. The zero-order chi connectivity index (χ0) is 22.2. The van der Waals surface area contributed by atoms with E-state index in [1.807, 2.05) is 25.1 Å². The van der Waals surface area contributed by atoms with Crippen LogP contribution in [0.2, 0.25) is 10.0 Å². The van der Waals surface area contributed by atoms with Gasteiger partial charge in [-0.1, -0.05) is 59.6 Å². The summed E-state index contributed by atoms with van der Waals surface area (Å²) in [6.45, 7) is 6.33. The van der Waals surface area contributed by atoms with Gasteiger partial charge in [0.05, 0.1) is 16.1 Å². The zero-order valence-corrected chi connectivity index (χ0v) is 20.7. The third-order valence-electron chi connectivity index (χ3n) is 6.35. The molecule has 1 aliphatic heterocycles. The molecule has 1 atom stereocenters. The van der Waals surface area contributed by atoms with Crippen LogP contribution in [-0.4, -0.2) is 43.5 Å². The van der Waals surface area contributed by atoms with Gasteiger partial charge in [0.2, 0.25) is 0 Å². The van der Waals surface area contributed by atoms with E-state index in [1.165, 1.54) is 11.1 Å². The highest BCUT2D eigenvalue weighted by molar-refractivity contribution is 6.43. The molecule has 1 saturated heterocycles. The van der Waals surface area contributed by atoms with Crippen molar-refractivity contribution in [3.8, 4) is 22.3 Å². The Kier molecular flexibility index (Phi) is 7.32. The van der Waals surface area contributed by atoms with Crippen molar-refractivity contribution in [2.75, 3.05) is 32.7 Å². The van der Waals surface area contributed by atoms with Crippen LogP contribution < -0.4 is 10.6 Å². The van der Waals surface area contributed by atoms with Crippen molar-refractivity contribution in [2.24, 2.45) is 0 Å². The second kappa shape index (κ2) is 10.0. The number of fused-ring (bicyclic) bond motifs is 3. The molecule has 2 aliphatic rings. The van der Waals surface area contributed by atoms with Gasteiger partial charge in [-0.25, -0.2) is 0 Å². The van der Waals surface area contributed by atoms with E-state index < -0.39 is 0 Å². The van der Waals surface area contributed by atoms with Crippen LogP contribution in [0.5, 0.6) is 0 Å². The molecule has 4 nitrogen and oxygen atoms in total. The van der Waals surface area contributed by atoms with Gasteiger partial charge in [-0.15, -0.1) is 12.4 Å². The summed E-state index contributed by atoms with van der Waals surface area (Å²) >= 11 is 13.1. The van der Waals surface area contributed by atoms with E-state index in [-0.39, 0.29) is 24.4 Å². The summed E-state index contributed by atoms with van der Waals surface area (Å²) in [4.78, 5) is 15.4. The third kappa shape index (κ3) is 4.27. The SMILES string of the molecule is CCNC(=O)c1cc(-c2cccc(Cl)c2Cl)c2c(c1)C(N1CCNCC1)c1ccccc1-2.Cl. The Morgan fingerprint density at radius 2 is 1.73 bits per heavy atom. The fourth-order valence-corrected chi connectivity index (χ4v) is 5.37. The van der Waals surface area contributed by atoms with Gasteiger partial charge in [0.15, 0.2) is 0 Å². The van der Waals surface area contributed by atoms with Crippen molar-refractivity contribution in [1.29, 1.82) is 0 Å². The molecule has 33 heavy (non-hydrogen) atoms. The van der Waals surface area contributed by atoms with Crippen LogP contribution in [0.4, 0.5) is 0 Å². The van der Waals surface area contributed by atoms with Crippen LogP contribution >= 0.6 is 35.6 Å². The van der Waals surface area contributed by atoms with Crippen molar-refractivity contribution in [1.82, 2.24) is 15.5 Å². The molecular weight excluding hydrogens is 477 g/mol. The highest BCUT2D eigenvalue weighted by Gasteiger charge is 2.36. The molecule has 0 spiro atoms. The Labute approximate surface area is 210 Å². The number of hydrogen-bond donors (Lipinski definition) is 2. The maximum Gasteiger partial charge on any atom is 0.251 e. The number of hydrogen-bond acceptors (Lipinski definition) is 3. The smallest absolute Gasteiger partial charge is 0.251 e. The lowest BCUT2D eigenvalue weighted by Gasteiger charge is -2.34. The maximum absolute atomic E-state index is 12.9. The molecule has 1 unspecified atom stereocenters. The predicted molar refractivity (Wildman–Crippen MR) is 139 cm³/mol. The molecule has 172 valence electrons. The second-order valence-electron chi connectivity index (χ2n) is 8.22. The van der Waals surface area contributed by atoms with Gasteiger partial charge >= 0.3 is 0 Å². The lowest BCUT2D eigenvalue weighted by atomic mass is 9.91. The lowest BCUT2D eigenvalue weighted by molar-refractivity contribution is 0.0955. The Bertz CT molecular complexity index is 1190. The van der Waals surface area contributed by atoms with Gasteiger partial charge in [-0.3, -0.25) is 9.69 Å². The first-order chi connectivity index (χ1) is 15.6. The molecule has 3 aromatic rings. The Morgan fingerprint density at radius 3 is 2.48 bits per heavy atom. The largest absolute Gasteiger partial charge is 0.352 e. The number of piperazine rings is 1. The molecule has 0 radical (unpaired) electrons. The Balaban J connectivity index is 0.00000259. The normalized spacial score (nSPS) is 17.1. The molecule has 3 aromatic carbocycles. The van der Waals surface area contributed by atoms with Gasteiger partial charge in [0.1, 0.15) is 0 Å². The van der Waals surface area contributed by atoms with Crippen LogP contribution in [0.1, 0.15) is 34.5 Å². The second-order valence-corrected chi connectivity index (χ2v) is 9.01. The summed E-state index contributed by atoms with van der Waals surface area (Å²) in [5.41, 5.74) is 7.20. The minimum Gasteiger partial charge on any atom is -0.352 e. The Hall–Kier alpha value is -2.08. The summed E-state index contributed by atoms with van der Waals surface area (Å²) < 4.78 is 0. The highest BCUT2D eigenvalue weighted by Crippen LogP contribution is 2.52. The van der Waals surface area contributed by atoms with Gasteiger partial charge in [-0.2, -0.15) is 0 Å². The van der Waals surface area contributed by atoms with Crippen LogP contribution in [0.3, 0.4) is 0 Å². The summed E-state index contributed by atoms with van der Waals surface area (Å²) in [7, 11) is 0. The molecule has 1 amide bonds. The molecule has 7 heteroatoms. The Morgan fingerprint density at radius 1 is 1.00 bits per heavy atom. The predicted octanol–water partition coefficient (Wildman–Crippen LogP) is 5.81. The lowest BCUT2D eigenvalue weighted by Crippen LogP contribution is -2.45. The van der Waals surface area contributed by atoms with Crippen LogP contribution in [0.25, 0.3) is 22.3 Å². The van der Waals surface area contributed by atoms with E-state index in [4.69, 9.17) is 23.2 Å². The van der Waals surface area contributed by atoms with Crippen LogP contribution in [-0.2, 0) is 0 Å². The van der Waals surface area contributed by atoms with E-state index in [0.717, 1.165) is 48.4 Å². The standard InChI is InChI=1S/C26H25Cl2N3O.ClH/c1-2-30-26(32)16-14-20(18-8-5-9-22(27)24(18)28)23-17-6-3-4-7-19(17)25(21(23)15-16)31-12-10-29-11-13-31;/h3-9,14-15,25,29H,2,10-13H2,1H3,(H,30,32);1H. The number of amides is 1. The zero-order valence-electron chi connectivity index (χ0n) is 18.3. The van der Waals surface area contributed by atoms with Gasteiger partial charge in [0, 0.05) is 43.9 Å². The van der Waals surface area contributed by atoms with Gasteiger partial charge < -0.3 is 10.6 Å². The third-order valence-corrected chi connectivity index (χ3v) is 7.17.